The highest BCUT2D eigenvalue weighted by atomic mass is 79.9. The minimum atomic E-state index is -0.803. The van der Waals surface area contributed by atoms with E-state index in [4.69, 9.17) is 14.2 Å². The summed E-state index contributed by atoms with van der Waals surface area (Å²) >= 11 is 3.44. The molecule has 156 valence electrons. The molecule has 2 aromatic carbocycles. The van der Waals surface area contributed by atoms with Crippen LogP contribution < -0.4 is 25.1 Å². The molecule has 0 aliphatic rings. The van der Waals surface area contributed by atoms with E-state index in [1.54, 1.807) is 44.4 Å². The van der Waals surface area contributed by atoms with Crippen molar-refractivity contribution >= 4 is 27.7 Å². The molecule has 0 saturated heterocycles. The molecule has 0 saturated carbocycles. The van der Waals surface area contributed by atoms with Gasteiger partial charge in [-0.15, -0.1) is 0 Å². The lowest BCUT2D eigenvalue weighted by Crippen LogP contribution is -2.48. The van der Waals surface area contributed by atoms with Crippen molar-refractivity contribution in [3.63, 3.8) is 0 Å². The minimum absolute atomic E-state index is 0.242. The van der Waals surface area contributed by atoms with Crippen molar-refractivity contribution in [3.8, 4) is 17.2 Å². The maximum atomic E-state index is 12.1. The van der Waals surface area contributed by atoms with Gasteiger partial charge in [0.25, 0.3) is 11.8 Å². The van der Waals surface area contributed by atoms with Crippen LogP contribution in [0.3, 0.4) is 0 Å². The Morgan fingerprint density at radius 1 is 1.00 bits per heavy atom. The number of hydrogen-bond donors (Lipinski definition) is 2. The van der Waals surface area contributed by atoms with Gasteiger partial charge >= 0.3 is 0 Å². The van der Waals surface area contributed by atoms with E-state index in [0.717, 1.165) is 10.0 Å². The Bertz CT molecular complexity index is 839. The van der Waals surface area contributed by atoms with Gasteiger partial charge in [-0.1, -0.05) is 19.9 Å². The quantitative estimate of drug-likeness (QED) is 0.583. The second-order valence-electron chi connectivity index (χ2n) is 6.61. The van der Waals surface area contributed by atoms with Crippen LogP contribution in [-0.4, -0.2) is 31.6 Å². The van der Waals surface area contributed by atoms with Gasteiger partial charge < -0.3 is 14.2 Å². The third kappa shape index (κ3) is 6.98. The van der Waals surface area contributed by atoms with E-state index in [-0.39, 0.29) is 6.61 Å². The number of rotatable bonds is 8. The molecule has 7 nitrogen and oxygen atoms in total. The highest BCUT2D eigenvalue weighted by Crippen LogP contribution is 2.28. The normalized spacial score (nSPS) is 11.5. The minimum Gasteiger partial charge on any atom is -0.497 e. The highest BCUT2D eigenvalue weighted by molar-refractivity contribution is 9.10. The molecule has 0 heterocycles. The van der Waals surface area contributed by atoms with Crippen LogP contribution in [0.4, 0.5) is 0 Å². The van der Waals surface area contributed by atoms with Gasteiger partial charge in [-0.05, 0) is 70.7 Å². The zero-order valence-electron chi connectivity index (χ0n) is 16.8. The predicted molar refractivity (Wildman–Crippen MR) is 113 cm³/mol. The molecular formula is C21H25BrN2O5. The van der Waals surface area contributed by atoms with Crippen molar-refractivity contribution < 1.29 is 23.8 Å². The van der Waals surface area contributed by atoms with Crippen LogP contribution in [0.5, 0.6) is 17.2 Å². The van der Waals surface area contributed by atoms with Gasteiger partial charge in [0.15, 0.2) is 12.7 Å². The lowest BCUT2D eigenvalue weighted by atomic mass is 10.0. The first-order valence-electron chi connectivity index (χ1n) is 9.11. The van der Waals surface area contributed by atoms with Crippen LogP contribution in [0.15, 0.2) is 46.9 Å². The third-order valence-corrected chi connectivity index (χ3v) is 4.67. The highest BCUT2D eigenvalue weighted by Gasteiger charge is 2.16. The second-order valence-corrected chi connectivity index (χ2v) is 7.46. The molecule has 0 bridgehead atoms. The van der Waals surface area contributed by atoms with Crippen molar-refractivity contribution in [2.75, 3.05) is 13.7 Å². The number of ether oxygens (including phenoxy) is 3. The van der Waals surface area contributed by atoms with E-state index >= 15 is 0 Å². The Kier molecular flexibility index (Phi) is 8.33. The maximum absolute atomic E-state index is 12.1. The van der Waals surface area contributed by atoms with Gasteiger partial charge in [-0.2, -0.15) is 0 Å². The third-order valence-electron chi connectivity index (χ3n) is 4.05. The van der Waals surface area contributed by atoms with E-state index < -0.39 is 17.9 Å². The Balaban J connectivity index is 1.77. The molecule has 0 radical (unpaired) electrons. The number of carbonyl (C=O) groups excluding carboxylic acids is 2. The lowest BCUT2D eigenvalue weighted by Gasteiger charge is -2.16. The number of halogens is 1. The first-order chi connectivity index (χ1) is 13.8. The second kappa shape index (κ2) is 10.7. The summed E-state index contributed by atoms with van der Waals surface area (Å²) in [7, 11) is 1.57. The standard InChI is InChI=1S/C21H25BrN2O5/c1-13(2)15-5-10-19(18(22)11-15)28-12-20(25)23-24-21(26)14(3)29-17-8-6-16(27-4)7-9-17/h5-11,13-14H,12H2,1-4H3,(H,23,25)(H,24,26). The molecule has 2 rings (SSSR count). The lowest BCUT2D eigenvalue weighted by molar-refractivity contribution is -0.133. The molecule has 0 spiro atoms. The average Bonchev–Trinajstić information content (AvgIpc) is 2.71. The van der Waals surface area contributed by atoms with Gasteiger partial charge in [-0.25, -0.2) is 0 Å². The molecule has 1 atom stereocenters. The average molecular weight is 465 g/mol. The number of carbonyl (C=O) groups is 2. The Morgan fingerprint density at radius 3 is 2.24 bits per heavy atom. The predicted octanol–water partition coefficient (Wildman–Crippen LogP) is 3.57. The first kappa shape index (κ1) is 22.5. The van der Waals surface area contributed by atoms with Crippen molar-refractivity contribution in [3.05, 3.63) is 52.5 Å². The van der Waals surface area contributed by atoms with Crippen LogP contribution >= 0.6 is 15.9 Å². The Morgan fingerprint density at radius 2 is 1.66 bits per heavy atom. The van der Waals surface area contributed by atoms with E-state index in [2.05, 4.69) is 40.6 Å². The molecule has 29 heavy (non-hydrogen) atoms. The molecule has 8 heteroatoms. The van der Waals surface area contributed by atoms with Gasteiger partial charge in [0.1, 0.15) is 17.2 Å². The molecule has 2 aromatic rings. The molecule has 0 aliphatic carbocycles. The number of benzene rings is 2. The summed E-state index contributed by atoms with van der Waals surface area (Å²) in [6.45, 7) is 5.53. The van der Waals surface area contributed by atoms with E-state index in [0.29, 0.717) is 23.2 Å². The van der Waals surface area contributed by atoms with Gasteiger partial charge in [0.05, 0.1) is 11.6 Å². The van der Waals surface area contributed by atoms with Crippen LogP contribution in [0, 0.1) is 0 Å². The summed E-state index contributed by atoms with van der Waals surface area (Å²) in [6.07, 6.45) is -0.803. The summed E-state index contributed by atoms with van der Waals surface area (Å²) in [5.41, 5.74) is 5.79. The topological polar surface area (TPSA) is 85.9 Å². The monoisotopic (exact) mass is 464 g/mol. The van der Waals surface area contributed by atoms with Crippen LogP contribution in [0.1, 0.15) is 32.3 Å². The van der Waals surface area contributed by atoms with E-state index in [1.807, 2.05) is 12.1 Å². The molecule has 0 fully saturated rings. The Labute approximate surface area is 178 Å². The number of amides is 2. The van der Waals surface area contributed by atoms with Crippen molar-refractivity contribution in [2.45, 2.75) is 32.8 Å². The molecule has 2 amide bonds. The summed E-state index contributed by atoms with van der Waals surface area (Å²) in [6, 6.07) is 12.5. The summed E-state index contributed by atoms with van der Waals surface area (Å²) in [4.78, 5) is 24.0. The van der Waals surface area contributed by atoms with Gasteiger partial charge in [0, 0.05) is 0 Å². The van der Waals surface area contributed by atoms with Crippen LogP contribution in [0.2, 0.25) is 0 Å². The first-order valence-corrected chi connectivity index (χ1v) is 9.91. The van der Waals surface area contributed by atoms with Gasteiger partial charge in [-0.3, -0.25) is 20.4 Å². The number of hydrazine groups is 1. The largest absolute Gasteiger partial charge is 0.497 e. The van der Waals surface area contributed by atoms with Gasteiger partial charge in [0.2, 0.25) is 0 Å². The number of hydrogen-bond acceptors (Lipinski definition) is 5. The molecular weight excluding hydrogens is 440 g/mol. The van der Waals surface area contributed by atoms with E-state index in [1.165, 1.54) is 0 Å². The fourth-order valence-electron chi connectivity index (χ4n) is 2.32. The SMILES string of the molecule is COc1ccc(OC(C)C(=O)NNC(=O)COc2ccc(C(C)C)cc2Br)cc1. The Hall–Kier alpha value is -2.74. The number of methoxy groups -OCH3 is 1. The van der Waals surface area contributed by atoms with Crippen LogP contribution in [-0.2, 0) is 9.59 Å². The zero-order valence-corrected chi connectivity index (χ0v) is 18.4. The van der Waals surface area contributed by atoms with E-state index in [9.17, 15) is 9.59 Å². The van der Waals surface area contributed by atoms with Crippen molar-refractivity contribution in [2.24, 2.45) is 0 Å². The molecule has 1 unspecified atom stereocenters. The van der Waals surface area contributed by atoms with Crippen molar-refractivity contribution in [1.29, 1.82) is 0 Å². The molecule has 2 N–H and O–H groups in total. The summed E-state index contributed by atoms with van der Waals surface area (Å²) < 4.78 is 16.9. The smallest absolute Gasteiger partial charge is 0.279 e. The summed E-state index contributed by atoms with van der Waals surface area (Å²) in [5.74, 6) is 1.16. The fraction of sp³-hybridized carbons (Fsp3) is 0.333. The van der Waals surface area contributed by atoms with Crippen molar-refractivity contribution in [1.82, 2.24) is 10.9 Å². The summed E-state index contributed by atoms with van der Waals surface area (Å²) in [5, 5.41) is 0. The molecule has 0 aliphatic heterocycles. The maximum Gasteiger partial charge on any atom is 0.279 e. The fourth-order valence-corrected chi connectivity index (χ4v) is 2.83. The zero-order chi connectivity index (χ0) is 21.4. The van der Waals surface area contributed by atoms with Crippen LogP contribution in [0.25, 0.3) is 0 Å². The number of nitrogens with one attached hydrogen (secondary N) is 2. The molecule has 0 aromatic heterocycles.